The summed E-state index contributed by atoms with van der Waals surface area (Å²) in [5.74, 6) is 0.783. The zero-order valence-corrected chi connectivity index (χ0v) is 11.6. The molecule has 0 aliphatic heterocycles. The van der Waals surface area contributed by atoms with Crippen LogP contribution in [0.4, 0.5) is 0 Å². The lowest BCUT2D eigenvalue weighted by atomic mass is 10.4. The topological polar surface area (TPSA) is 66.1 Å². The molecule has 0 aromatic carbocycles. The fraction of sp³-hybridized carbons (Fsp3) is 0.667. The molecule has 5 nitrogen and oxygen atoms in total. The molecule has 92 valence electrons. The SMILES string of the molecule is CSCCN(C)S(=O)(=O)c1c(C)n[nH]c1C. The Bertz CT molecular complexity index is 434. The molecule has 0 atom stereocenters. The first-order valence-corrected chi connectivity index (χ1v) is 7.71. The minimum Gasteiger partial charge on any atom is -0.281 e. The molecule has 0 bridgehead atoms. The van der Waals surface area contributed by atoms with Gasteiger partial charge in [0.15, 0.2) is 0 Å². The van der Waals surface area contributed by atoms with Crippen LogP contribution < -0.4 is 0 Å². The van der Waals surface area contributed by atoms with Gasteiger partial charge in [-0.25, -0.2) is 8.42 Å². The van der Waals surface area contributed by atoms with E-state index in [0.717, 1.165) is 5.75 Å². The van der Waals surface area contributed by atoms with E-state index in [1.54, 1.807) is 32.7 Å². The summed E-state index contributed by atoms with van der Waals surface area (Å²) < 4.78 is 25.8. The average Bonchev–Trinajstić information content (AvgIpc) is 2.55. The van der Waals surface area contributed by atoms with Crippen LogP contribution in [-0.4, -0.2) is 48.5 Å². The normalized spacial score (nSPS) is 12.3. The van der Waals surface area contributed by atoms with Crippen molar-refractivity contribution in [3.63, 3.8) is 0 Å². The third-order valence-corrected chi connectivity index (χ3v) is 5.05. The Hall–Kier alpha value is -0.530. The van der Waals surface area contributed by atoms with E-state index in [-0.39, 0.29) is 0 Å². The van der Waals surface area contributed by atoms with Gasteiger partial charge in [-0.1, -0.05) is 0 Å². The fourth-order valence-corrected chi connectivity index (χ4v) is 3.48. The van der Waals surface area contributed by atoms with Crippen molar-refractivity contribution < 1.29 is 8.42 Å². The van der Waals surface area contributed by atoms with Crippen LogP contribution in [0.15, 0.2) is 4.90 Å². The maximum Gasteiger partial charge on any atom is 0.246 e. The predicted molar refractivity (Wildman–Crippen MR) is 66.3 cm³/mol. The highest BCUT2D eigenvalue weighted by atomic mass is 32.2. The minimum atomic E-state index is -3.40. The molecule has 0 saturated carbocycles. The van der Waals surface area contributed by atoms with Gasteiger partial charge in [0.2, 0.25) is 10.0 Å². The lowest BCUT2D eigenvalue weighted by molar-refractivity contribution is 0.487. The van der Waals surface area contributed by atoms with Crippen LogP contribution in [0.3, 0.4) is 0 Å². The summed E-state index contributed by atoms with van der Waals surface area (Å²) in [6.07, 6.45) is 1.95. The highest BCUT2D eigenvalue weighted by molar-refractivity contribution is 7.98. The highest BCUT2D eigenvalue weighted by Crippen LogP contribution is 2.20. The lowest BCUT2D eigenvalue weighted by Gasteiger charge is -2.16. The summed E-state index contributed by atoms with van der Waals surface area (Å²) in [5, 5.41) is 6.60. The number of nitrogens with one attached hydrogen (secondary N) is 1. The molecular formula is C9H17N3O2S2. The van der Waals surface area contributed by atoms with E-state index >= 15 is 0 Å². The third kappa shape index (κ3) is 2.58. The van der Waals surface area contributed by atoms with E-state index < -0.39 is 10.0 Å². The second-order valence-electron chi connectivity index (χ2n) is 3.58. The van der Waals surface area contributed by atoms with Crippen molar-refractivity contribution in [1.29, 1.82) is 0 Å². The van der Waals surface area contributed by atoms with Crippen LogP contribution in [0.1, 0.15) is 11.4 Å². The number of hydrogen-bond donors (Lipinski definition) is 1. The smallest absolute Gasteiger partial charge is 0.246 e. The van der Waals surface area contributed by atoms with Crippen LogP contribution >= 0.6 is 11.8 Å². The first-order valence-electron chi connectivity index (χ1n) is 4.88. The largest absolute Gasteiger partial charge is 0.281 e. The molecule has 0 saturated heterocycles. The number of aromatic nitrogens is 2. The molecule has 16 heavy (non-hydrogen) atoms. The van der Waals surface area contributed by atoms with Crippen LogP contribution in [-0.2, 0) is 10.0 Å². The van der Waals surface area contributed by atoms with Crippen LogP contribution in [0, 0.1) is 13.8 Å². The molecule has 1 aromatic heterocycles. The minimum absolute atomic E-state index is 0.302. The molecule has 0 aliphatic carbocycles. The van der Waals surface area contributed by atoms with Crippen molar-refractivity contribution >= 4 is 21.8 Å². The van der Waals surface area contributed by atoms with Crippen molar-refractivity contribution in [2.24, 2.45) is 0 Å². The van der Waals surface area contributed by atoms with Gasteiger partial charge in [-0.3, -0.25) is 5.10 Å². The van der Waals surface area contributed by atoms with Gasteiger partial charge in [0.25, 0.3) is 0 Å². The quantitative estimate of drug-likeness (QED) is 0.861. The Morgan fingerprint density at radius 3 is 2.50 bits per heavy atom. The lowest BCUT2D eigenvalue weighted by Crippen LogP contribution is -2.29. The molecule has 0 amide bonds. The van der Waals surface area contributed by atoms with Gasteiger partial charge in [0.1, 0.15) is 4.90 Å². The molecule has 1 N–H and O–H groups in total. The Balaban J connectivity index is 3.02. The summed E-state index contributed by atoms with van der Waals surface area (Å²) >= 11 is 1.62. The third-order valence-electron chi connectivity index (χ3n) is 2.34. The highest BCUT2D eigenvalue weighted by Gasteiger charge is 2.26. The second-order valence-corrected chi connectivity index (χ2v) is 6.55. The van der Waals surface area contributed by atoms with Gasteiger partial charge >= 0.3 is 0 Å². The second kappa shape index (κ2) is 5.20. The van der Waals surface area contributed by atoms with Crippen LogP contribution in [0.5, 0.6) is 0 Å². The Labute approximate surface area is 101 Å². The van der Waals surface area contributed by atoms with Crippen molar-refractivity contribution in [2.75, 3.05) is 25.6 Å². The first kappa shape index (κ1) is 13.5. The summed E-state index contributed by atoms with van der Waals surface area (Å²) in [6, 6.07) is 0. The molecule has 1 rings (SSSR count). The van der Waals surface area contributed by atoms with Gasteiger partial charge in [-0.15, -0.1) is 0 Å². The molecule has 7 heteroatoms. The van der Waals surface area contributed by atoms with E-state index in [4.69, 9.17) is 0 Å². The van der Waals surface area contributed by atoms with Gasteiger partial charge in [-0.05, 0) is 20.1 Å². The standard InChI is InChI=1S/C9H17N3O2S2/c1-7-9(8(2)11-10-7)16(13,14)12(3)5-6-15-4/h5-6H2,1-4H3,(H,10,11). The number of nitrogens with zero attached hydrogens (tertiary/aromatic N) is 2. The van der Waals surface area contributed by atoms with E-state index in [1.807, 2.05) is 6.26 Å². The number of rotatable bonds is 5. The maximum absolute atomic E-state index is 12.2. The number of sulfonamides is 1. The fourth-order valence-electron chi connectivity index (χ4n) is 1.42. The van der Waals surface area contributed by atoms with E-state index in [9.17, 15) is 8.42 Å². The van der Waals surface area contributed by atoms with Crippen molar-refractivity contribution in [2.45, 2.75) is 18.7 Å². The van der Waals surface area contributed by atoms with Gasteiger partial charge in [-0.2, -0.15) is 21.2 Å². The number of aromatic amines is 1. The zero-order valence-electron chi connectivity index (χ0n) is 9.94. The van der Waals surface area contributed by atoms with Crippen LogP contribution in [0.2, 0.25) is 0 Å². The number of hydrogen-bond acceptors (Lipinski definition) is 4. The number of H-pyrrole nitrogens is 1. The molecule has 1 aromatic rings. The van der Waals surface area contributed by atoms with Crippen molar-refractivity contribution in [1.82, 2.24) is 14.5 Å². The molecule has 0 fully saturated rings. The summed E-state index contributed by atoms with van der Waals surface area (Å²) in [4.78, 5) is 0.302. The molecule has 1 heterocycles. The molecule has 0 radical (unpaired) electrons. The molecule has 0 spiro atoms. The van der Waals surface area contributed by atoms with Crippen molar-refractivity contribution in [3.8, 4) is 0 Å². The molecular weight excluding hydrogens is 246 g/mol. The predicted octanol–water partition coefficient (Wildman–Crippen LogP) is 1.01. The van der Waals surface area contributed by atoms with Gasteiger partial charge in [0.05, 0.1) is 11.4 Å². The summed E-state index contributed by atoms with van der Waals surface area (Å²) in [7, 11) is -1.81. The van der Waals surface area contributed by atoms with E-state index in [2.05, 4.69) is 10.2 Å². The maximum atomic E-state index is 12.2. The Morgan fingerprint density at radius 1 is 1.44 bits per heavy atom. The van der Waals surface area contributed by atoms with Gasteiger partial charge in [0, 0.05) is 19.3 Å². The molecule has 0 aliphatic rings. The van der Waals surface area contributed by atoms with E-state index in [1.165, 1.54) is 4.31 Å². The van der Waals surface area contributed by atoms with E-state index in [0.29, 0.717) is 22.8 Å². The number of aryl methyl sites for hydroxylation is 2. The van der Waals surface area contributed by atoms with Crippen LogP contribution in [0.25, 0.3) is 0 Å². The summed E-state index contributed by atoms with van der Waals surface area (Å²) in [6.45, 7) is 3.92. The Kier molecular flexibility index (Phi) is 4.40. The molecule has 0 unspecified atom stereocenters. The van der Waals surface area contributed by atoms with Gasteiger partial charge < -0.3 is 0 Å². The average molecular weight is 263 g/mol. The summed E-state index contributed by atoms with van der Waals surface area (Å²) in [5.41, 5.74) is 1.11. The number of thioether (sulfide) groups is 1. The zero-order chi connectivity index (χ0) is 12.3. The van der Waals surface area contributed by atoms with Crippen molar-refractivity contribution in [3.05, 3.63) is 11.4 Å². The first-order chi connectivity index (χ1) is 7.41. The monoisotopic (exact) mass is 263 g/mol. The Morgan fingerprint density at radius 2 is 2.06 bits per heavy atom.